The molecule has 6 heteroatoms. The molecule has 0 bridgehead atoms. The Morgan fingerprint density at radius 3 is 2.61 bits per heavy atom. The van der Waals surface area contributed by atoms with Crippen molar-refractivity contribution in [2.24, 2.45) is 0 Å². The van der Waals surface area contributed by atoms with Crippen LogP contribution in [0.25, 0.3) is 16.6 Å². The molecule has 0 saturated carbocycles. The summed E-state index contributed by atoms with van der Waals surface area (Å²) in [7, 11) is 0. The number of aromatic amines is 1. The van der Waals surface area contributed by atoms with Crippen molar-refractivity contribution in [2.45, 2.75) is 6.61 Å². The lowest BCUT2D eigenvalue weighted by molar-refractivity contribution is 0.276. The molecule has 0 fully saturated rings. The van der Waals surface area contributed by atoms with Gasteiger partial charge in [-0.05, 0) is 18.2 Å². The van der Waals surface area contributed by atoms with Gasteiger partial charge in [0.15, 0.2) is 11.8 Å². The van der Waals surface area contributed by atoms with Gasteiger partial charge in [-0.15, -0.1) is 0 Å². The van der Waals surface area contributed by atoms with Crippen LogP contribution in [-0.4, -0.2) is 14.5 Å². The van der Waals surface area contributed by atoms with Gasteiger partial charge >= 0.3 is 0 Å². The van der Waals surface area contributed by atoms with E-state index in [9.17, 15) is 13.6 Å². The summed E-state index contributed by atoms with van der Waals surface area (Å²) in [6, 6.07) is 5.28. The van der Waals surface area contributed by atoms with E-state index in [1.54, 1.807) is 0 Å². The van der Waals surface area contributed by atoms with Gasteiger partial charge in [-0.1, -0.05) is 6.07 Å². The molecule has 3 rings (SSSR count). The van der Waals surface area contributed by atoms with Crippen LogP contribution in [0.3, 0.4) is 0 Å². The Hall–Kier alpha value is -2.21. The van der Waals surface area contributed by atoms with Crippen LogP contribution >= 0.6 is 0 Å². The van der Waals surface area contributed by atoms with Gasteiger partial charge in [0.25, 0.3) is 5.56 Å². The largest absolute Gasteiger partial charge is 0.392 e. The Balaban J connectivity index is 2.61. The van der Waals surface area contributed by atoms with Gasteiger partial charge in [0.2, 0.25) is 0 Å². The molecule has 2 aromatic heterocycles. The van der Waals surface area contributed by atoms with Crippen molar-refractivity contribution in [3.63, 3.8) is 0 Å². The third-order valence-electron chi connectivity index (χ3n) is 2.92. The number of aliphatic hydroxyl groups is 1. The molecule has 18 heavy (non-hydrogen) atoms. The average Bonchev–Trinajstić information content (AvgIpc) is 2.74. The average molecular weight is 250 g/mol. The normalized spacial score (nSPS) is 11.5. The van der Waals surface area contributed by atoms with Crippen molar-refractivity contribution in [2.75, 3.05) is 0 Å². The first-order valence-corrected chi connectivity index (χ1v) is 5.24. The Bertz CT molecular complexity index is 820. The second kappa shape index (κ2) is 3.64. The Labute approximate surface area is 99.1 Å². The smallest absolute Gasteiger partial charge is 0.272 e. The number of hydrogen-bond donors (Lipinski definition) is 2. The highest BCUT2D eigenvalue weighted by molar-refractivity contribution is 5.79. The zero-order valence-corrected chi connectivity index (χ0v) is 9.08. The third-order valence-corrected chi connectivity index (χ3v) is 2.92. The van der Waals surface area contributed by atoms with Crippen LogP contribution in [0.4, 0.5) is 8.78 Å². The minimum Gasteiger partial charge on any atom is -0.392 e. The lowest BCUT2D eigenvalue weighted by Gasteiger charge is -2.06. The number of H-pyrrole nitrogens is 1. The Morgan fingerprint density at radius 2 is 1.89 bits per heavy atom. The van der Waals surface area contributed by atoms with Crippen LogP contribution in [0, 0.1) is 11.8 Å². The Kier molecular flexibility index (Phi) is 2.21. The summed E-state index contributed by atoms with van der Waals surface area (Å²) in [5.74, 6) is -1.39. The summed E-state index contributed by atoms with van der Waals surface area (Å²) in [5.41, 5.74) is -0.336. The van der Waals surface area contributed by atoms with Gasteiger partial charge in [0.1, 0.15) is 11.0 Å². The minimum atomic E-state index is -0.748. The molecule has 0 unspecified atom stereocenters. The fraction of sp³-hybridized carbons (Fsp3) is 0.0833. The van der Waals surface area contributed by atoms with Crippen molar-refractivity contribution in [3.05, 3.63) is 51.9 Å². The highest BCUT2D eigenvalue weighted by Crippen LogP contribution is 2.20. The number of halogens is 2. The maximum atomic E-state index is 13.9. The van der Waals surface area contributed by atoms with Gasteiger partial charge in [0.05, 0.1) is 12.1 Å². The molecule has 0 aliphatic heterocycles. The topological polar surface area (TPSA) is 57.5 Å². The van der Waals surface area contributed by atoms with E-state index in [4.69, 9.17) is 5.11 Å². The number of nitrogens with zero attached hydrogens (tertiary/aromatic N) is 1. The van der Waals surface area contributed by atoms with Crippen LogP contribution in [-0.2, 0) is 6.61 Å². The molecule has 0 aliphatic carbocycles. The van der Waals surface area contributed by atoms with Gasteiger partial charge in [-0.2, -0.15) is 4.39 Å². The van der Waals surface area contributed by atoms with Crippen molar-refractivity contribution >= 4 is 16.6 Å². The first-order chi connectivity index (χ1) is 8.63. The van der Waals surface area contributed by atoms with E-state index in [1.165, 1.54) is 18.2 Å². The monoisotopic (exact) mass is 250 g/mol. The lowest BCUT2D eigenvalue weighted by atomic mass is 10.2. The summed E-state index contributed by atoms with van der Waals surface area (Å²) in [4.78, 5) is 14.0. The summed E-state index contributed by atoms with van der Waals surface area (Å²) < 4.78 is 28.6. The van der Waals surface area contributed by atoms with Crippen LogP contribution < -0.4 is 5.56 Å². The van der Waals surface area contributed by atoms with Gasteiger partial charge < -0.3 is 10.1 Å². The molecule has 2 heterocycles. The third kappa shape index (κ3) is 1.29. The van der Waals surface area contributed by atoms with Crippen molar-refractivity contribution in [1.29, 1.82) is 0 Å². The van der Waals surface area contributed by atoms with Crippen LogP contribution in [0.15, 0.2) is 29.1 Å². The molecule has 3 aromatic rings. The fourth-order valence-corrected chi connectivity index (χ4v) is 2.05. The zero-order chi connectivity index (χ0) is 12.9. The highest BCUT2D eigenvalue weighted by Gasteiger charge is 2.14. The van der Waals surface area contributed by atoms with Crippen molar-refractivity contribution in [3.8, 4) is 0 Å². The molecule has 0 saturated heterocycles. The van der Waals surface area contributed by atoms with E-state index < -0.39 is 23.9 Å². The first-order valence-electron chi connectivity index (χ1n) is 5.24. The van der Waals surface area contributed by atoms with Crippen LogP contribution in [0.5, 0.6) is 0 Å². The molecule has 1 aromatic carbocycles. The van der Waals surface area contributed by atoms with E-state index in [0.29, 0.717) is 0 Å². The first kappa shape index (κ1) is 10.9. The summed E-state index contributed by atoms with van der Waals surface area (Å²) in [6.45, 7) is -0.490. The summed E-state index contributed by atoms with van der Waals surface area (Å²) in [6.07, 6.45) is 0. The molecule has 0 atom stereocenters. The predicted molar refractivity (Wildman–Crippen MR) is 61.4 cm³/mol. The van der Waals surface area contributed by atoms with E-state index in [2.05, 4.69) is 4.98 Å². The zero-order valence-electron chi connectivity index (χ0n) is 9.08. The predicted octanol–water partition coefficient (Wildman–Crippen LogP) is 1.55. The second-order valence-corrected chi connectivity index (χ2v) is 3.92. The van der Waals surface area contributed by atoms with E-state index in [-0.39, 0.29) is 22.1 Å². The molecule has 0 spiro atoms. The standard InChI is InChI=1S/C12H8F2N2O2/c13-9-4-3-8-12(18)15-11-7(16(8)9)2-1-6(5-17)10(11)14/h1-4,17H,5H2,(H,15,18). The summed E-state index contributed by atoms with van der Waals surface area (Å²) >= 11 is 0. The molecular weight excluding hydrogens is 242 g/mol. The number of fused-ring (bicyclic) bond motifs is 3. The number of aromatic nitrogens is 2. The van der Waals surface area contributed by atoms with Crippen LogP contribution in [0.2, 0.25) is 0 Å². The fourth-order valence-electron chi connectivity index (χ4n) is 2.05. The van der Waals surface area contributed by atoms with Gasteiger partial charge in [-0.25, -0.2) is 4.39 Å². The summed E-state index contributed by atoms with van der Waals surface area (Å²) in [5, 5.41) is 8.96. The number of hydrogen-bond acceptors (Lipinski definition) is 2. The lowest BCUT2D eigenvalue weighted by Crippen LogP contribution is -2.12. The molecule has 0 amide bonds. The van der Waals surface area contributed by atoms with Crippen molar-refractivity contribution in [1.82, 2.24) is 9.38 Å². The van der Waals surface area contributed by atoms with Gasteiger partial charge in [-0.3, -0.25) is 9.20 Å². The maximum absolute atomic E-state index is 13.9. The van der Waals surface area contributed by atoms with E-state index >= 15 is 0 Å². The molecule has 0 aliphatic rings. The number of rotatable bonds is 1. The molecule has 92 valence electrons. The molecular formula is C12H8F2N2O2. The molecule has 2 N–H and O–H groups in total. The Morgan fingerprint density at radius 1 is 1.17 bits per heavy atom. The van der Waals surface area contributed by atoms with Crippen LogP contribution in [0.1, 0.15) is 5.56 Å². The molecule has 4 nitrogen and oxygen atoms in total. The van der Waals surface area contributed by atoms with Gasteiger partial charge in [0, 0.05) is 5.56 Å². The van der Waals surface area contributed by atoms with E-state index in [1.807, 2.05) is 0 Å². The quantitative estimate of drug-likeness (QED) is 0.688. The molecule has 0 radical (unpaired) electrons. The SMILES string of the molecule is O=c1[nH]c2c(F)c(CO)ccc2n2c(F)ccc12. The van der Waals surface area contributed by atoms with Crippen molar-refractivity contribution < 1.29 is 13.9 Å². The minimum absolute atomic E-state index is 0.0464. The number of nitrogens with one attached hydrogen (secondary N) is 1. The number of aliphatic hydroxyl groups excluding tert-OH is 1. The van der Waals surface area contributed by atoms with E-state index in [0.717, 1.165) is 10.5 Å². The highest BCUT2D eigenvalue weighted by atomic mass is 19.1. The maximum Gasteiger partial charge on any atom is 0.272 e. The second-order valence-electron chi connectivity index (χ2n) is 3.92. The number of benzene rings is 1.